The Bertz CT molecular complexity index is 782. The molecule has 1 aliphatic rings. The van der Waals surface area contributed by atoms with Crippen molar-refractivity contribution < 1.29 is 18.7 Å². The van der Waals surface area contributed by atoms with Gasteiger partial charge in [0.2, 0.25) is 0 Å². The van der Waals surface area contributed by atoms with Crippen LogP contribution >= 0.6 is 0 Å². The summed E-state index contributed by atoms with van der Waals surface area (Å²) in [7, 11) is 1.32. The summed E-state index contributed by atoms with van der Waals surface area (Å²) in [6, 6.07) is 12.4. The second kappa shape index (κ2) is 7.56. The van der Waals surface area contributed by atoms with E-state index in [1.54, 1.807) is 36.4 Å². The number of carbonyl (C=O) groups is 2. The van der Waals surface area contributed by atoms with Crippen molar-refractivity contribution in [2.24, 2.45) is 0 Å². The Morgan fingerprint density at radius 3 is 2.19 bits per heavy atom. The van der Waals surface area contributed by atoms with E-state index in [1.807, 2.05) is 0 Å². The summed E-state index contributed by atoms with van der Waals surface area (Å²) in [5.74, 6) is -0.723. The van der Waals surface area contributed by atoms with E-state index in [2.05, 4.69) is 15.4 Å². The van der Waals surface area contributed by atoms with Crippen molar-refractivity contribution >= 4 is 17.7 Å². The normalized spacial score (nSPS) is 15.3. The lowest BCUT2D eigenvalue weighted by molar-refractivity contribution is 0.0600. The van der Waals surface area contributed by atoms with Crippen molar-refractivity contribution in [2.75, 3.05) is 12.4 Å². The molecule has 0 bridgehead atoms. The van der Waals surface area contributed by atoms with Gasteiger partial charge >= 0.3 is 12.0 Å². The summed E-state index contributed by atoms with van der Waals surface area (Å²) in [5.41, 5.74) is 1.41. The van der Waals surface area contributed by atoms with Crippen LogP contribution < -0.4 is 10.6 Å². The highest BCUT2D eigenvalue weighted by atomic mass is 19.1. The number of ether oxygens (including phenoxy) is 1. The molecule has 3 rings (SSSR count). The fourth-order valence-corrected chi connectivity index (χ4v) is 3.42. The van der Waals surface area contributed by atoms with E-state index in [1.165, 1.54) is 19.2 Å². The molecule has 1 saturated carbocycles. The molecule has 6 heteroatoms. The number of anilines is 1. The quantitative estimate of drug-likeness (QED) is 0.807. The molecule has 2 aromatic rings. The highest BCUT2D eigenvalue weighted by molar-refractivity contribution is 5.92. The van der Waals surface area contributed by atoms with E-state index >= 15 is 0 Å². The molecule has 2 amide bonds. The standard InChI is InChI=1S/C20H21FN2O3/c1-26-18(24)14-4-10-17(11-5-14)22-19(25)23-20(12-2-3-13-20)15-6-8-16(21)9-7-15/h4-11H,2-3,12-13H2,1H3,(H2,22,23,25). The van der Waals surface area contributed by atoms with Crippen LogP contribution in [0.25, 0.3) is 0 Å². The van der Waals surface area contributed by atoms with Gasteiger partial charge in [0, 0.05) is 5.69 Å². The number of rotatable bonds is 4. The number of urea groups is 1. The molecular formula is C20H21FN2O3. The average Bonchev–Trinajstić information content (AvgIpc) is 3.11. The molecule has 2 N–H and O–H groups in total. The minimum atomic E-state index is -0.482. The molecule has 1 fully saturated rings. The van der Waals surface area contributed by atoms with Gasteiger partial charge < -0.3 is 15.4 Å². The number of halogens is 1. The Kier molecular flexibility index (Phi) is 5.21. The molecule has 136 valence electrons. The van der Waals surface area contributed by atoms with Crippen molar-refractivity contribution in [1.82, 2.24) is 5.32 Å². The molecule has 1 aliphatic carbocycles. The van der Waals surface area contributed by atoms with Crippen LogP contribution in [0.5, 0.6) is 0 Å². The van der Waals surface area contributed by atoms with E-state index in [0.717, 1.165) is 31.2 Å². The minimum Gasteiger partial charge on any atom is -0.465 e. The smallest absolute Gasteiger partial charge is 0.337 e. The minimum absolute atomic E-state index is 0.294. The van der Waals surface area contributed by atoms with E-state index in [-0.39, 0.29) is 11.8 Å². The van der Waals surface area contributed by atoms with Crippen molar-refractivity contribution in [3.63, 3.8) is 0 Å². The molecular weight excluding hydrogens is 335 g/mol. The van der Waals surface area contributed by atoms with Crippen LogP contribution in [-0.4, -0.2) is 19.1 Å². The number of hydrogen-bond acceptors (Lipinski definition) is 3. The predicted molar refractivity (Wildman–Crippen MR) is 96.5 cm³/mol. The molecule has 0 aliphatic heterocycles. The van der Waals surface area contributed by atoms with Crippen LogP contribution in [0.3, 0.4) is 0 Å². The van der Waals surface area contributed by atoms with Crippen LogP contribution in [0.4, 0.5) is 14.9 Å². The maximum Gasteiger partial charge on any atom is 0.337 e. The van der Waals surface area contributed by atoms with Crippen molar-refractivity contribution in [1.29, 1.82) is 0 Å². The van der Waals surface area contributed by atoms with Crippen molar-refractivity contribution in [2.45, 2.75) is 31.2 Å². The number of amides is 2. The number of nitrogens with one attached hydrogen (secondary N) is 2. The Hall–Kier alpha value is -2.89. The summed E-state index contributed by atoms with van der Waals surface area (Å²) < 4.78 is 17.9. The first-order valence-electron chi connectivity index (χ1n) is 8.56. The van der Waals surface area contributed by atoms with Gasteiger partial charge in [-0.3, -0.25) is 0 Å². The van der Waals surface area contributed by atoms with Gasteiger partial charge in [-0.05, 0) is 54.8 Å². The lowest BCUT2D eigenvalue weighted by Crippen LogP contribution is -2.45. The summed E-state index contributed by atoms with van der Waals surface area (Å²) in [4.78, 5) is 24.0. The molecule has 0 radical (unpaired) electrons. The average molecular weight is 356 g/mol. The van der Waals surface area contributed by atoms with Gasteiger partial charge in [-0.25, -0.2) is 14.0 Å². The molecule has 0 atom stereocenters. The Morgan fingerprint density at radius 2 is 1.62 bits per heavy atom. The summed E-state index contributed by atoms with van der Waals surface area (Å²) in [6.45, 7) is 0. The molecule has 0 unspecified atom stereocenters. The molecule has 5 nitrogen and oxygen atoms in total. The lowest BCUT2D eigenvalue weighted by Gasteiger charge is -2.31. The van der Waals surface area contributed by atoms with Crippen LogP contribution in [0, 0.1) is 5.82 Å². The largest absolute Gasteiger partial charge is 0.465 e. The fourth-order valence-electron chi connectivity index (χ4n) is 3.42. The number of carbonyl (C=O) groups excluding carboxylic acids is 2. The molecule has 26 heavy (non-hydrogen) atoms. The lowest BCUT2D eigenvalue weighted by atomic mass is 9.88. The Balaban J connectivity index is 1.71. The molecule has 0 aromatic heterocycles. The molecule has 2 aromatic carbocycles. The first-order valence-corrected chi connectivity index (χ1v) is 8.56. The van der Waals surface area contributed by atoms with Gasteiger partial charge in [-0.1, -0.05) is 25.0 Å². The van der Waals surface area contributed by atoms with Gasteiger partial charge in [0.25, 0.3) is 0 Å². The number of hydrogen-bond donors (Lipinski definition) is 2. The molecule has 0 heterocycles. The maximum absolute atomic E-state index is 13.2. The molecule has 0 saturated heterocycles. The van der Waals surface area contributed by atoms with E-state index in [4.69, 9.17) is 0 Å². The maximum atomic E-state index is 13.2. The third-order valence-electron chi connectivity index (χ3n) is 4.77. The van der Waals surface area contributed by atoms with Crippen LogP contribution in [0.15, 0.2) is 48.5 Å². The third kappa shape index (κ3) is 3.85. The number of esters is 1. The van der Waals surface area contributed by atoms with Crippen LogP contribution in [0.2, 0.25) is 0 Å². The van der Waals surface area contributed by atoms with Crippen LogP contribution in [0.1, 0.15) is 41.6 Å². The summed E-state index contributed by atoms with van der Waals surface area (Å²) in [6.07, 6.45) is 3.64. The predicted octanol–water partition coefficient (Wildman–Crippen LogP) is 4.20. The Morgan fingerprint density at radius 1 is 1.00 bits per heavy atom. The fraction of sp³-hybridized carbons (Fsp3) is 0.300. The van der Waals surface area contributed by atoms with Gasteiger partial charge in [0.1, 0.15) is 5.82 Å². The zero-order valence-electron chi connectivity index (χ0n) is 14.5. The van der Waals surface area contributed by atoms with Gasteiger partial charge in [-0.15, -0.1) is 0 Å². The zero-order valence-corrected chi connectivity index (χ0v) is 14.5. The zero-order chi connectivity index (χ0) is 18.6. The Labute approximate surface area is 151 Å². The first kappa shape index (κ1) is 17.9. The van der Waals surface area contributed by atoms with Crippen LogP contribution in [-0.2, 0) is 10.3 Å². The first-order chi connectivity index (χ1) is 12.5. The van der Waals surface area contributed by atoms with E-state index in [0.29, 0.717) is 11.3 Å². The van der Waals surface area contributed by atoms with Gasteiger partial charge in [-0.2, -0.15) is 0 Å². The van der Waals surface area contributed by atoms with Gasteiger partial charge in [0.05, 0.1) is 18.2 Å². The summed E-state index contributed by atoms with van der Waals surface area (Å²) >= 11 is 0. The third-order valence-corrected chi connectivity index (χ3v) is 4.77. The summed E-state index contributed by atoms with van der Waals surface area (Å²) in [5, 5.41) is 5.84. The number of methoxy groups -OCH3 is 1. The van der Waals surface area contributed by atoms with Crippen molar-refractivity contribution in [3.8, 4) is 0 Å². The monoisotopic (exact) mass is 356 g/mol. The highest BCUT2D eigenvalue weighted by Gasteiger charge is 2.37. The van der Waals surface area contributed by atoms with Crippen molar-refractivity contribution in [3.05, 3.63) is 65.5 Å². The topological polar surface area (TPSA) is 67.4 Å². The highest BCUT2D eigenvalue weighted by Crippen LogP contribution is 2.38. The SMILES string of the molecule is COC(=O)c1ccc(NC(=O)NC2(c3ccc(F)cc3)CCCC2)cc1. The second-order valence-electron chi connectivity index (χ2n) is 6.44. The van der Waals surface area contributed by atoms with E-state index < -0.39 is 11.5 Å². The molecule has 0 spiro atoms. The second-order valence-corrected chi connectivity index (χ2v) is 6.44. The number of benzene rings is 2. The van der Waals surface area contributed by atoms with Gasteiger partial charge in [0.15, 0.2) is 0 Å². The van der Waals surface area contributed by atoms with E-state index in [9.17, 15) is 14.0 Å².